The minimum Gasteiger partial charge on any atom is -0.507 e. The highest BCUT2D eigenvalue weighted by Gasteiger charge is 2.56. The summed E-state index contributed by atoms with van der Waals surface area (Å²) >= 11 is 3.48. The first-order valence-corrected chi connectivity index (χ1v) is 15.1. The highest BCUT2D eigenvalue weighted by molar-refractivity contribution is 9.10. The van der Waals surface area contributed by atoms with Gasteiger partial charge in [-0.15, -0.1) is 0 Å². The predicted molar refractivity (Wildman–Crippen MR) is 153 cm³/mol. The number of hydrogen-bond donors (Lipinski definition) is 2. The van der Waals surface area contributed by atoms with Crippen molar-refractivity contribution in [2.24, 2.45) is 17.8 Å². The van der Waals surface area contributed by atoms with Crippen molar-refractivity contribution in [3.63, 3.8) is 0 Å². The van der Waals surface area contributed by atoms with E-state index in [9.17, 15) is 19.5 Å². The van der Waals surface area contributed by atoms with Crippen LogP contribution in [0.2, 0.25) is 0 Å². The Morgan fingerprint density at radius 2 is 1.92 bits per heavy atom. The molecule has 1 aliphatic carbocycles. The van der Waals surface area contributed by atoms with Gasteiger partial charge in [0.2, 0.25) is 11.8 Å². The number of rotatable bonds is 13. The summed E-state index contributed by atoms with van der Waals surface area (Å²) in [5, 5.41) is 19.1. The van der Waals surface area contributed by atoms with E-state index in [-0.39, 0.29) is 47.8 Å². The molecule has 2 heterocycles. The van der Waals surface area contributed by atoms with Crippen LogP contribution in [0.4, 0.5) is 0 Å². The van der Waals surface area contributed by atoms with Crippen LogP contribution in [0.3, 0.4) is 0 Å². The second-order valence-electron chi connectivity index (χ2n) is 11.0. The van der Waals surface area contributed by atoms with Crippen molar-refractivity contribution >= 4 is 39.8 Å². The number of likely N-dealkylation sites (tertiary alicyclic amines) is 1. The highest BCUT2D eigenvalue weighted by atomic mass is 79.9. The van der Waals surface area contributed by atoms with Crippen LogP contribution in [-0.2, 0) is 19.1 Å². The molecule has 1 aromatic rings. The predicted octanol–water partition coefficient (Wildman–Crippen LogP) is 6.49. The largest absolute Gasteiger partial charge is 0.507 e. The van der Waals surface area contributed by atoms with Gasteiger partial charge in [0.05, 0.1) is 24.5 Å². The molecule has 4 rings (SSSR count). The Labute approximate surface area is 239 Å². The van der Waals surface area contributed by atoms with Crippen LogP contribution in [0.1, 0.15) is 83.6 Å². The van der Waals surface area contributed by atoms with E-state index in [1.54, 1.807) is 6.07 Å². The fourth-order valence-electron chi connectivity index (χ4n) is 6.55. The number of imide groups is 1. The Balaban J connectivity index is 1.47. The number of nitrogens with zero attached hydrogens (tertiary/aromatic N) is 1. The molecule has 39 heavy (non-hydrogen) atoms. The minimum atomic E-state index is -0.819. The fraction of sp³-hybridized carbons (Fsp3) is 0.581. The van der Waals surface area contributed by atoms with E-state index in [2.05, 4.69) is 35.9 Å². The molecule has 2 fully saturated rings. The molecule has 7 nitrogen and oxygen atoms in total. The molecule has 2 N–H and O–H groups in total. The molecule has 2 saturated heterocycles. The van der Waals surface area contributed by atoms with Crippen molar-refractivity contribution in [3.8, 4) is 5.75 Å². The number of aromatic hydroxyl groups is 1. The second kappa shape index (κ2) is 13.3. The van der Waals surface area contributed by atoms with Crippen molar-refractivity contribution in [1.29, 1.82) is 0 Å². The van der Waals surface area contributed by atoms with Gasteiger partial charge in [-0.3, -0.25) is 19.3 Å². The van der Waals surface area contributed by atoms with Crippen molar-refractivity contribution in [1.82, 2.24) is 4.90 Å². The van der Waals surface area contributed by atoms with Gasteiger partial charge in [-0.05, 0) is 68.7 Å². The molecular formula is C31H40BrNO6. The van der Waals surface area contributed by atoms with Crippen LogP contribution in [0.25, 0.3) is 6.08 Å². The summed E-state index contributed by atoms with van der Waals surface area (Å²) in [4.78, 5) is 39.1. The topological polar surface area (TPSA) is 104 Å². The number of fused-ring (bicyclic) bond motifs is 3. The Kier molecular flexibility index (Phi) is 10.0. The number of carbonyl (C=O) groups is 3. The number of allylic oxidation sites excluding steroid dienone is 2. The monoisotopic (exact) mass is 601 g/mol. The SMILES string of the molecule is CCCC1=C2[C@@H](CC/C(=C/c3cc(Br)ccc3O)CC)OC[C@@H]2[C@@H]2C(=O)N(CCCCCC(=O)O)C(=O)[C@@H]2C1. The lowest BCUT2D eigenvalue weighted by molar-refractivity contribution is -0.141. The van der Waals surface area contributed by atoms with Gasteiger partial charge in [0.25, 0.3) is 0 Å². The number of carboxylic acid groups (broad SMARTS) is 1. The first-order chi connectivity index (χ1) is 18.7. The van der Waals surface area contributed by atoms with Gasteiger partial charge in [-0.1, -0.05) is 59.8 Å². The number of amides is 2. The van der Waals surface area contributed by atoms with E-state index in [0.717, 1.165) is 42.1 Å². The van der Waals surface area contributed by atoms with Gasteiger partial charge < -0.3 is 14.9 Å². The number of halogens is 1. The quantitative estimate of drug-likeness (QED) is 0.152. The van der Waals surface area contributed by atoms with E-state index in [4.69, 9.17) is 9.84 Å². The third kappa shape index (κ3) is 6.65. The average Bonchev–Trinajstić information content (AvgIpc) is 3.43. The normalized spacial score (nSPS) is 24.9. The molecule has 0 radical (unpaired) electrons. The average molecular weight is 603 g/mol. The van der Waals surface area contributed by atoms with E-state index in [0.29, 0.717) is 38.8 Å². The van der Waals surface area contributed by atoms with Crippen LogP contribution in [0, 0.1) is 17.8 Å². The highest BCUT2D eigenvalue weighted by Crippen LogP contribution is 2.50. The lowest BCUT2D eigenvalue weighted by atomic mass is 9.68. The molecule has 8 heteroatoms. The molecule has 2 amide bonds. The van der Waals surface area contributed by atoms with E-state index >= 15 is 0 Å². The molecule has 2 aliphatic heterocycles. The maximum Gasteiger partial charge on any atom is 0.303 e. The molecule has 1 aromatic carbocycles. The summed E-state index contributed by atoms with van der Waals surface area (Å²) in [5.74, 6) is -1.42. The van der Waals surface area contributed by atoms with Crippen LogP contribution in [-0.4, -0.2) is 52.2 Å². The lowest BCUT2D eigenvalue weighted by Gasteiger charge is -2.32. The van der Waals surface area contributed by atoms with Gasteiger partial charge >= 0.3 is 5.97 Å². The zero-order chi connectivity index (χ0) is 28.1. The summed E-state index contributed by atoms with van der Waals surface area (Å²) in [6, 6.07) is 5.42. The number of aliphatic carboxylic acids is 1. The molecular weight excluding hydrogens is 562 g/mol. The Hall–Kier alpha value is -2.45. The summed E-state index contributed by atoms with van der Waals surface area (Å²) in [6.07, 6.45) is 9.00. The standard InChI is InChI=1S/C31H40BrNO6/c1-3-8-20-17-23-29(31(38)33(30(23)37)14-7-5-6-9-27(35)36)24-18-39-26(28(20)24)13-10-19(4-2)15-21-16-22(32)11-12-25(21)34/h11-12,15-16,23-24,26,29,34H,3-10,13-14,17-18H2,1-2H3,(H,35,36)/b19-15+/t23-,24+,26-,29-/m1/s1. The van der Waals surface area contributed by atoms with Crippen molar-refractivity contribution < 1.29 is 29.3 Å². The zero-order valence-corrected chi connectivity index (χ0v) is 24.5. The molecule has 212 valence electrons. The lowest BCUT2D eigenvalue weighted by Crippen LogP contribution is -2.34. The minimum absolute atomic E-state index is 0.0491. The van der Waals surface area contributed by atoms with Crippen LogP contribution in [0.5, 0.6) is 5.75 Å². The molecule has 0 saturated carbocycles. The first-order valence-electron chi connectivity index (χ1n) is 14.3. The molecule has 4 atom stereocenters. The van der Waals surface area contributed by atoms with Crippen molar-refractivity contribution in [3.05, 3.63) is 45.0 Å². The third-order valence-electron chi connectivity index (χ3n) is 8.45. The van der Waals surface area contributed by atoms with Gasteiger partial charge in [-0.25, -0.2) is 0 Å². The number of ether oxygens (including phenoxy) is 1. The van der Waals surface area contributed by atoms with Gasteiger partial charge in [-0.2, -0.15) is 0 Å². The number of carboxylic acids is 1. The van der Waals surface area contributed by atoms with E-state index in [1.807, 2.05) is 12.1 Å². The number of phenolic OH excluding ortho intramolecular Hbond substituents is 1. The Morgan fingerprint density at radius 1 is 1.13 bits per heavy atom. The van der Waals surface area contributed by atoms with Crippen molar-refractivity contribution in [2.75, 3.05) is 13.2 Å². The smallest absolute Gasteiger partial charge is 0.303 e. The maximum absolute atomic E-state index is 13.5. The molecule has 0 spiro atoms. The van der Waals surface area contributed by atoms with Gasteiger partial charge in [0, 0.05) is 28.9 Å². The number of phenols is 1. The second-order valence-corrected chi connectivity index (χ2v) is 11.9. The van der Waals surface area contributed by atoms with Gasteiger partial charge in [0.1, 0.15) is 5.75 Å². The van der Waals surface area contributed by atoms with Crippen molar-refractivity contribution in [2.45, 2.75) is 84.2 Å². The molecule has 0 bridgehead atoms. The summed E-state index contributed by atoms with van der Waals surface area (Å²) in [6.45, 7) is 5.10. The Bertz CT molecular complexity index is 1160. The fourth-order valence-corrected chi connectivity index (χ4v) is 6.93. The molecule has 3 aliphatic rings. The van der Waals surface area contributed by atoms with Crippen LogP contribution in [0.15, 0.2) is 39.4 Å². The summed E-state index contributed by atoms with van der Waals surface area (Å²) < 4.78 is 7.26. The summed E-state index contributed by atoms with van der Waals surface area (Å²) in [7, 11) is 0. The maximum atomic E-state index is 13.5. The number of benzene rings is 1. The number of carbonyl (C=O) groups excluding carboxylic acids is 2. The Morgan fingerprint density at radius 3 is 2.64 bits per heavy atom. The molecule has 0 aromatic heterocycles. The van der Waals surface area contributed by atoms with E-state index < -0.39 is 5.97 Å². The zero-order valence-electron chi connectivity index (χ0n) is 23.0. The first kappa shape index (κ1) is 29.5. The van der Waals surface area contributed by atoms with Crippen LogP contribution >= 0.6 is 15.9 Å². The van der Waals surface area contributed by atoms with Crippen LogP contribution < -0.4 is 0 Å². The third-order valence-corrected chi connectivity index (χ3v) is 8.95. The number of unbranched alkanes of at least 4 members (excludes halogenated alkanes) is 2. The molecule has 0 unspecified atom stereocenters. The van der Waals surface area contributed by atoms with E-state index in [1.165, 1.54) is 21.6 Å². The summed E-state index contributed by atoms with van der Waals surface area (Å²) in [5.41, 5.74) is 4.56. The van der Waals surface area contributed by atoms with Gasteiger partial charge in [0.15, 0.2) is 0 Å². The number of hydrogen-bond acceptors (Lipinski definition) is 5.